The van der Waals surface area contributed by atoms with Gasteiger partial charge in [0, 0.05) is 18.8 Å². The van der Waals surface area contributed by atoms with E-state index in [2.05, 4.69) is 5.32 Å². The summed E-state index contributed by atoms with van der Waals surface area (Å²) in [4.78, 5) is 12.3. The zero-order valence-corrected chi connectivity index (χ0v) is 16.1. The number of anilines is 1. The Balaban J connectivity index is 1.57. The minimum Gasteiger partial charge on any atom is -0.484 e. The van der Waals surface area contributed by atoms with Crippen molar-refractivity contribution in [2.45, 2.75) is 24.2 Å². The summed E-state index contributed by atoms with van der Waals surface area (Å²) in [6.07, 6.45) is 2.81. The number of nitrogens with one attached hydrogen (secondary N) is 1. The molecule has 0 atom stereocenters. The maximum Gasteiger partial charge on any atom is 0.262 e. The number of amides is 1. The van der Waals surface area contributed by atoms with E-state index in [1.165, 1.54) is 16.4 Å². The summed E-state index contributed by atoms with van der Waals surface area (Å²) >= 11 is 0. The van der Waals surface area contributed by atoms with Gasteiger partial charge in [0.2, 0.25) is 10.0 Å². The van der Waals surface area contributed by atoms with Crippen molar-refractivity contribution in [3.8, 4) is 11.8 Å². The molecule has 7 nitrogen and oxygen atoms in total. The van der Waals surface area contributed by atoms with Crippen LogP contribution in [0, 0.1) is 11.3 Å². The van der Waals surface area contributed by atoms with Crippen molar-refractivity contribution < 1.29 is 17.9 Å². The van der Waals surface area contributed by atoms with E-state index in [4.69, 9.17) is 10.00 Å². The SMILES string of the molecule is N#Cc1cccc(OCC(=O)Nc2ccc(S(=O)(=O)N3CCCCC3)cc2)c1. The third-order valence-electron chi connectivity index (χ3n) is 4.42. The topological polar surface area (TPSA) is 99.5 Å². The van der Waals surface area contributed by atoms with Gasteiger partial charge >= 0.3 is 0 Å². The van der Waals surface area contributed by atoms with Crippen LogP contribution < -0.4 is 10.1 Å². The van der Waals surface area contributed by atoms with E-state index >= 15 is 0 Å². The Morgan fingerprint density at radius 2 is 1.82 bits per heavy atom. The van der Waals surface area contributed by atoms with E-state index in [0.717, 1.165) is 19.3 Å². The molecule has 2 aromatic rings. The van der Waals surface area contributed by atoms with Gasteiger partial charge in [-0.2, -0.15) is 9.57 Å². The lowest BCUT2D eigenvalue weighted by molar-refractivity contribution is -0.118. The van der Waals surface area contributed by atoms with E-state index < -0.39 is 10.0 Å². The van der Waals surface area contributed by atoms with E-state index in [9.17, 15) is 13.2 Å². The second kappa shape index (κ2) is 8.87. The van der Waals surface area contributed by atoms with Crippen LogP contribution in [0.5, 0.6) is 5.75 Å². The van der Waals surface area contributed by atoms with Crippen molar-refractivity contribution in [2.75, 3.05) is 25.0 Å². The van der Waals surface area contributed by atoms with Gasteiger partial charge in [-0.3, -0.25) is 4.79 Å². The predicted molar refractivity (Wildman–Crippen MR) is 104 cm³/mol. The van der Waals surface area contributed by atoms with Gasteiger partial charge in [0.15, 0.2) is 6.61 Å². The first-order chi connectivity index (χ1) is 13.5. The number of carbonyl (C=O) groups excluding carboxylic acids is 1. The smallest absolute Gasteiger partial charge is 0.262 e. The molecule has 1 aliphatic rings. The first kappa shape index (κ1) is 19.9. The summed E-state index contributed by atoms with van der Waals surface area (Å²) in [5, 5.41) is 11.5. The van der Waals surface area contributed by atoms with Gasteiger partial charge in [0.25, 0.3) is 5.91 Å². The highest BCUT2D eigenvalue weighted by Gasteiger charge is 2.25. The highest BCUT2D eigenvalue weighted by Crippen LogP contribution is 2.22. The molecular formula is C20H21N3O4S. The molecule has 8 heteroatoms. The highest BCUT2D eigenvalue weighted by molar-refractivity contribution is 7.89. The van der Waals surface area contributed by atoms with E-state index in [-0.39, 0.29) is 17.4 Å². The Bertz CT molecular complexity index is 975. The average molecular weight is 399 g/mol. The molecule has 2 aromatic carbocycles. The molecule has 146 valence electrons. The third-order valence-corrected chi connectivity index (χ3v) is 6.34. The van der Waals surface area contributed by atoms with Crippen LogP contribution in [0.3, 0.4) is 0 Å². The van der Waals surface area contributed by atoms with Crippen molar-refractivity contribution in [2.24, 2.45) is 0 Å². The first-order valence-electron chi connectivity index (χ1n) is 9.02. The van der Waals surface area contributed by atoms with Crippen LogP contribution >= 0.6 is 0 Å². The molecule has 1 fully saturated rings. The normalized spacial score (nSPS) is 14.8. The van der Waals surface area contributed by atoms with Gasteiger partial charge in [-0.15, -0.1) is 0 Å². The number of benzene rings is 2. The minimum atomic E-state index is -3.49. The van der Waals surface area contributed by atoms with Gasteiger partial charge in [-0.05, 0) is 55.3 Å². The molecule has 1 N–H and O–H groups in total. The summed E-state index contributed by atoms with van der Waals surface area (Å²) in [5.41, 5.74) is 0.931. The number of hydrogen-bond acceptors (Lipinski definition) is 5. The molecule has 0 aromatic heterocycles. The van der Waals surface area contributed by atoms with Crippen LogP contribution in [0.15, 0.2) is 53.4 Å². The van der Waals surface area contributed by atoms with E-state index in [0.29, 0.717) is 30.1 Å². The second-order valence-electron chi connectivity index (χ2n) is 6.47. The fraction of sp³-hybridized carbons (Fsp3) is 0.300. The number of carbonyl (C=O) groups is 1. The minimum absolute atomic E-state index is 0.219. The molecule has 0 radical (unpaired) electrons. The summed E-state index contributed by atoms with van der Waals surface area (Å²) in [7, 11) is -3.49. The van der Waals surface area contributed by atoms with Gasteiger partial charge in [0.1, 0.15) is 5.75 Å². The number of ether oxygens (including phenoxy) is 1. The first-order valence-corrected chi connectivity index (χ1v) is 10.5. The molecular weight excluding hydrogens is 378 g/mol. The van der Waals surface area contributed by atoms with Crippen molar-refractivity contribution in [1.82, 2.24) is 4.31 Å². The summed E-state index contributed by atoms with van der Waals surface area (Å²) in [6.45, 7) is 0.874. The van der Waals surface area contributed by atoms with Gasteiger partial charge in [-0.1, -0.05) is 12.5 Å². The van der Waals surface area contributed by atoms with Crippen molar-refractivity contribution >= 4 is 21.6 Å². The van der Waals surface area contributed by atoms with Crippen LogP contribution in [0.25, 0.3) is 0 Å². The standard InChI is InChI=1S/C20H21N3O4S/c21-14-16-5-4-6-18(13-16)27-15-20(24)22-17-7-9-19(10-8-17)28(25,26)23-11-2-1-3-12-23/h4-10,13H,1-3,11-12,15H2,(H,22,24). The molecule has 0 aliphatic carbocycles. The molecule has 0 spiro atoms. The summed E-state index contributed by atoms with van der Waals surface area (Å²) < 4.78 is 32.1. The molecule has 1 saturated heterocycles. The quantitative estimate of drug-likeness (QED) is 0.805. The maximum atomic E-state index is 12.6. The Morgan fingerprint density at radius 3 is 2.50 bits per heavy atom. The highest BCUT2D eigenvalue weighted by atomic mass is 32.2. The van der Waals surface area contributed by atoms with E-state index in [1.54, 1.807) is 36.4 Å². The maximum absolute atomic E-state index is 12.6. The van der Waals surface area contributed by atoms with Gasteiger partial charge in [0.05, 0.1) is 16.5 Å². The Labute approximate surface area is 164 Å². The predicted octanol–water partition coefficient (Wildman–Crippen LogP) is 2.75. The van der Waals surface area contributed by atoms with Gasteiger partial charge in [-0.25, -0.2) is 8.42 Å². The van der Waals surface area contributed by atoms with Crippen molar-refractivity contribution in [1.29, 1.82) is 5.26 Å². The molecule has 0 bridgehead atoms. The lowest BCUT2D eigenvalue weighted by Crippen LogP contribution is -2.35. The van der Waals surface area contributed by atoms with Crippen LogP contribution in [0.1, 0.15) is 24.8 Å². The zero-order valence-electron chi connectivity index (χ0n) is 15.3. The average Bonchev–Trinajstić information content (AvgIpc) is 2.73. The summed E-state index contributed by atoms with van der Waals surface area (Å²) in [6, 6.07) is 14.6. The Morgan fingerprint density at radius 1 is 1.11 bits per heavy atom. The molecule has 3 rings (SSSR count). The van der Waals surface area contributed by atoms with E-state index in [1.807, 2.05) is 6.07 Å². The van der Waals surface area contributed by atoms with Gasteiger partial charge < -0.3 is 10.1 Å². The molecule has 1 heterocycles. The van der Waals surface area contributed by atoms with Crippen molar-refractivity contribution in [3.63, 3.8) is 0 Å². The molecule has 1 aliphatic heterocycles. The Kier molecular flexibility index (Phi) is 6.29. The fourth-order valence-electron chi connectivity index (χ4n) is 2.97. The number of nitrogens with zero attached hydrogens (tertiary/aromatic N) is 2. The molecule has 28 heavy (non-hydrogen) atoms. The molecule has 0 unspecified atom stereocenters. The number of nitriles is 1. The summed E-state index contributed by atoms with van der Waals surface area (Å²) in [5.74, 6) is 0.0474. The zero-order chi connectivity index (χ0) is 20.0. The number of sulfonamides is 1. The fourth-order valence-corrected chi connectivity index (χ4v) is 4.48. The van der Waals surface area contributed by atoms with Crippen molar-refractivity contribution in [3.05, 3.63) is 54.1 Å². The number of rotatable bonds is 6. The number of piperidine rings is 1. The number of hydrogen-bond donors (Lipinski definition) is 1. The largest absolute Gasteiger partial charge is 0.484 e. The van der Waals surface area contributed by atoms with Crippen LogP contribution in [-0.2, 0) is 14.8 Å². The monoisotopic (exact) mass is 399 g/mol. The lowest BCUT2D eigenvalue weighted by atomic mass is 10.2. The third kappa shape index (κ3) is 4.88. The van der Waals surface area contributed by atoms with Crippen LogP contribution in [0.2, 0.25) is 0 Å². The molecule has 0 saturated carbocycles. The van der Waals surface area contributed by atoms with Crippen LogP contribution in [0.4, 0.5) is 5.69 Å². The second-order valence-corrected chi connectivity index (χ2v) is 8.40. The molecule has 1 amide bonds. The van der Waals surface area contributed by atoms with Crippen LogP contribution in [-0.4, -0.2) is 38.3 Å². The lowest BCUT2D eigenvalue weighted by Gasteiger charge is -2.25. The Hall–Kier alpha value is -2.89.